The Morgan fingerprint density at radius 1 is 1.29 bits per heavy atom. The van der Waals surface area contributed by atoms with E-state index in [2.05, 4.69) is 25.7 Å². The molecular formula is C14H30N2O. The van der Waals surface area contributed by atoms with Crippen LogP contribution in [0.1, 0.15) is 52.9 Å². The average Bonchev–Trinajstić information content (AvgIpc) is 2.36. The largest absolute Gasteiger partial charge is 0.377 e. The molecule has 1 atom stereocenters. The van der Waals surface area contributed by atoms with Gasteiger partial charge in [0, 0.05) is 25.2 Å². The van der Waals surface area contributed by atoms with E-state index in [1.54, 1.807) is 0 Å². The number of ether oxygens (including phenoxy) is 1. The average molecular weight is 242 g/mol. The highest BCUT2D eigenvalue weighted by Crippen LogP contribution is 2.19. The summed E-state index contributed by atoms with van der Waals surface area (Å²) in [6, 6.07) is 0. The third-order valence-electron chi connectivity index (χ3n) is 3.97. The van der Waals surface area contributed by atoms with Crippen molar-refractivity contribution in [3.8, 4) is 0 Å². The fourth-order valence-corrected chi connectivity index (χ4v) is 2.50. The molecule has 3 heteroatoms. The van der Waals surface area contributed by atoms with Crippen LogP contribution in [0.5, 0.6) is 0 Å². The van der Waals surface area contributed by atoms with Gasteiger partial charge in [-0.3, -0.25) is 4.90 Å². The first-order chi connectivity index (χ1) is 8.13. The minimum Gasteiger partial charge on any atom is -0.377 e. The van der Waals surface area contributed by atoms with Crippen molar-refractivity contribution in [3.63, 3.8) is 0 Å². The predicted molar refractivity (Wildman–Crippen MR) is 73.2 cm³/mol. The Bertz CT molecular complexity index is 204. The summed E-state index contributed by atoms with van der Waals surface area (Å²) in [5.74, 6) is 0. The van der Waals surface area contributed by atoms with Gasteiger partial charge in [0.05, 0.1) is 6.10 Å². The summed E-state index contributed by atoms with van der Waals surface area (Å²) < 4.78 is 5.86. The molecule has 1 aliphatic rings. The summed E-state index contributed by atoms with van der Waals surface area (Å²) in [6.45, 7) is 10.7. The van der Waals surface area contributed by atoms with Crippen LogP contribution in [0.4, 0.5) is 0 Å². The molecule has 17 heavy (non-hydrogen) atoms. The number of likely N-dealkylation sites (tertiary alicyclic amines) is 1. The van der Waals surface area contributed by atoms with Crippen molar-refractivity contribution < 1.29 is 4.74 Å². The van der Waals surface area contributed by atoms with Gasteiger partial charge in [0.2, 0.25) is 0 Å². The van der Waals surface area contributed by atoms with Gasteiger partial charge in [-0.05, 0) is 38.6 Å². The number of nitrogens with two attached hydrogens (primary N) is 1. The molecule has 0 aliphatic carbocycles. The highest BCUT2D eigenvalue weighted by molar-refractivity contribution is 4.87. The van der Waals surface area contributed by atoms with E-state index in [0.717, 1.165) is 39.0 Å². The molecule has 1 rings (SSSR count). The highest BCUT2D eigenvalue weighted by atomic mass is 16.5. The maximum atomic E-state index is 6.39. The van der Waals surface area contributed by atoms with Crippen LogP contribution in [0.2, 0.25) is 0 Å². The first kappa shape index (κ1) is 14.9. The van der Waals surface area contributed by atoms with Gasteiger partial charge >= 0.3 is 0 Å². The molecule has 0 radical (unpaired) electrons. The zero-order valence-electron chi connectivity index (χ0n) is 11.9. The van der Waals surface area contributed by atoms with E-state index in [9.17, 15) is 0 Å². The van der Waals surface area contributed by atoms with E-state index in [4.69, 9.17) is 10.5 Å². The highest BCUT2D eigenvalue weighted by Gasteiger charge is 2.27. The molecule has 0 aromatic carbocycles. The predicted octanol–water partition coefficient (Wildman–Crippen LogP) is 2.39. The summed E-state index contributed by atoms with van der Waals surface area (Å²) in [5, 5.41) is 0. The molecular weight excluding hydrogens is 212 g/mol. The topological polar surface area (TPSA) is 38.5 Å². The third-order valence-corrected chi connectivity index (χ3v) is 3.97. The second kappa shape index (κ2) is 7.34. The van der Waals surface area contributed by atoms with Gasteiger partial charge in [-0.2, -0.15) is 0 Å². The van der Waals surface area contributed by atoms with Crippen molar-refractivity contribution in [2.45, 2.75) is 64.5 Å². The second-order valence-corrected chi connectivity index (χ2v) is 5.44. The Hall–Kier alpha value is -0.120. The van der Waals surface area contributed by atoms with E-state index in [-0.39, 0.29) is 5.54 Å². The van der Waals surface area contributed by atoms with Crippen LogP contribution in [0, 0.1) is 0 Å². The van der Waals surface area contributed by atoms with Crippen molar-refractivity contribution >= 4 is 0 Å². The zero-order chi connectivity index (χ0) is 12.7. The van der Waals surface area contributed by atoms with Crippen LogP contribution in [0.25, 0.3) is 0 Å². The molecule has 0 saturated carbocycles. The summed E-state index contributed by atoms with van der Waals surface area (Å²) in [5.41, 5.74) is 6.38. The molecule has 1 saturated heterocycles. The molecule has 1 fully saturated rings. The van der Waals surface area contributed by atoms with Gasteiger partial charge in [-0.15, -0.1) is 0 Å². The Balaban J connectivity index is 2.38. The van der Waals surface area contributed by atoms with Gasteiger partial charge in [0.25, 0.3) is 0 Å². The number of hydrogen-bond donors (Lipinski definition) is 1. The maximum Gasteiger partial charge on any atom is 0.0702 e. The lowest BCUT2D eigenvalue weighted by Gasteiger charge is -2.38. The molecule has 0 bridgehead atoms. The van der Waals surface area contributed by atoms with Crippen molar-refractivity contribution in [1.29, 1.82) is 0 Å². The Morgan fingerprint density at radius 3 is 2.59 bits per heavy atom. The van der Waals surface area contributed by atoms with Gasteiger partial charge in [-0.1, -0.05) is 20.8 Å². The number of piperidine rings is 1. The monoisotopic (exact) mass is 242 g/mol. The van der Waals surface area contributed by atoms with Gasteiger partial charge in [0.15, 0.2) is 0 Å². The van der Waals surface area contributed by atoms with Gasteiger partial charge < -0.3 is 10.5 Å². The van der Waals surface area contributed by atoms with E-state index >= 15 is 0 Å². The molecule has 0 amide bonds. The normalized spacial score (nSPS) is 22.9. The fourth-order valence-electron chi connectivity index (χ4n) is 2.50. The minimum atomic E-state index is -0.00730. The van der Waals surface area contributed by atoms with Crippen molar-refractivity contribution in [2.75, 3.05) is 26.2 Å². The standard InChI is InChI=1S/C14H30N2O/c1-4-10-17-13-8-7-9-16(11-13)12-14(15,5-2)6-3/h13H,4-12,15H2,1-3H3. The minimum absolute atomic E-state index is 0.00730. The lowest BCUT2D eigenvalue weighted by Crippen LogP contribution is -2.52. The summed E-state index contributed by atoms with van der Waals surface area (Å²) in [4.78, 5) is 2.50. The quantitative estimate of drug-likeness (QED) is 0.745. The lowest BCUT2D eigenvalue weighted by atomic mass is 9.92. The van der Waals surface area contributed by atoms with E-state index in [0.29, 0.717) is 6.10 Å². The van der Waals surface area contributed by atoms with Crippen LogP contribution < -0.4 is 5.73 Å². The molecule has 3 nitrogen and oxygen atoms in total. The SMILES string of the molecule is CCCOC1CCCN(CC(N)(CC)CC)C1. The Labute approximate surface area is 107 Å². The maximum absolute atomic E-state index is 6.39. The Kier molecular flexibility index (Phi) is 6.45. The number of hydrogen-bond acceptors (Lipinski definition) is 3. The second-order valence-electron chi connectivity index (χ2n) is 5.44. The van der Waals surface area contributed by atoms with Crippen LogP contribution in [-0.2, 0) is 4.74 Å². The van der Waals surface area contributed by atoms with Crippen molar-refractivity contribution in [3.05, 3.63) is 0 Å². The smallest absolute Gasteiger partial charge is 0.0702 e. The Morgan fingerprint density at radius 2 is 2.00 bits per heavy atom. The summed E-state index contributed by atoms with van der Waals surface area (Å²) in [6.07, 6.45) is 6.12. The van der Waals surface area contributed by atoms with E-state index in [1.807, 2.05) is 0 Å². The summed E-state index contributed by atoms with van der Waals surface area (Å²) >= 11 is 0. The number of rotatable bonds is 7. The molecule has 2 N–H and O–H groups in total. The fraction of sp³-hybridized carbons (Fsp3) is 1.00. The molecule has 0 aromatic rings. The zero-order valence-corrected chi connectivity index (χ0v) is 11.9. The molecule has 102 valence electrons. The molecule has 0 spiro atoms. The van der Waals surface area contributed by atoms with Crippen LogP contribution in [0.15, 0.2) is 0 Å². The van der Waals surface area contributed by atoms with E-state index < -0.39 is 0 Å². The molecule has 0 aromatic heterocycles. The van der Waals surface area contributed by atoms with Gasteiger partial charge in [0.1, 0.15) is 0 Å². The molecule has 1 heterocycles. The lowest BCUT2D eigenvalue weighted by molar-refractivity contribution is -0.00591. The van der Waals surface area contributed by atoms with E-state index in [1.165, 1.54) is 19.4 Å². The molecule has 1 aliphatic heterocycles. The van der Waals surface area contributed by atoms with Crippen molar-refractivity contribution in [2.24, 2.45) is 5.73 Å². The van der Waals surface area contributed by atoms with Crippen LogP contribution in [-0.4, -0.2) is 42.8 Å². The van der Waals surface area contributed by atoms with Gasteiger partial charge in [-0.25, -0.2) is 0 Å². The molecule has 1 unspecified atom stereocenters. The van der Waals surface area contributed by atoms with Crippen LogP contribution >= 0.6 is 0 Å². The van der Waals surface area contributed by atoms with Crippen LogP contribution in [0.3, 0.4) is 0 Å². The summed E-state index contributed by atoms with van der Waals surface area (Å²) in [7, 11) is 0. The third kappa shape index (κ3) is 4.94. The first-order valence-electron chi connectivity index (χ1n) is 7.26. The number of nitrogens with zero attached hydrogens (tertiary/aromatic N) is 1. The van der Waals surface area contributed by atoms with Crippen molar-refractivity contribution in [1.82, 2.24) is 4.90 Å². The first-order valence-corrected chi connectivity index (χ1v) is 7.26.